The molecule has 0 atom stereocenters. The number of hydrogen-bond donors (Lipinski definition) is 1. The molecule has 0 saturated heterocycles. The first-order chi connectivity index (χ1) is 16.0. The lowest BCUT2D eigenvalue weighted by Crippen LogP contribution is -2.45. The van der Waals surface area contributed by atoms with Crippen LogP contribution in [-0.2, 0) is 0 Å². The smallest absolute Gasteiger partial charge is 0.262 e. The van der Waals surface area contributed by atoms with Crippen molar-refractivity contribution < 1.29 is 14.4 Å². The summed E-state index contributed by atoms with van der Waals surface area (Å²) in [7, 11) is 0. The third kappa shape index (κ3) is 3.49. The van der Waals surface area contributed by atoms with Gasteiger partial charge in [0.05, 0.1) is 16.8 Å². The first kappa shape index (κ1) is 22.0. The van der Waals surface area contributed by atoms with Gasteiger partial charge in [0.2, 0.25) is 4.96 Å². The highest BCUT2D eigenvalue weighted by Gasteiger charge is 2.42. The zero-order valence-electron chi connectivity index (χ0n) is 19.5. The molecule has 4 aromatic rings. The van der Waals surface area contributed by atoms with Crippen LogP contribution in [0.4, 0.5) is 5.95 Å². The van der Waals surface area contributed by atoms with Crippen LogP contribution in [0, 0.1) is 13.8 Å². The molecule has 2 aromatic carbocycles. The molecule has 1 aliphatic rings. The summed E-state index contributed by atoms with van der Waals surface area (Å²) in [6.45, 7) is 9.48. The zero-order valence-corrected chi connectivity index (χ0v) is 20.3. The Hall–Kier alpha value is -3.85. The van der Waals surface area contributed by atoms with Crippen molar-refractivity contribution >= 4 is 40.0 Å². The largest absolute Gasteiger partial charge is 0.289 e. The van der Waals surface area contributed by atoms with Gasteiger partial charge in [0.15, 0.2) is 0 Å². The van der Waals surface area contributed by atoms with E-state index in [9.17, 15) is 14.4 Å². The highest BCUT2D eigenvalue weighted by atomic mass is 32.1. The summed E-state index contributed by atoms with van der Waals surface area (Å²) in [5, 5.41) is 9.18. The van der Waals surface area contributed by atoms with E-state index in [-0.39, 0.29) is 23.0 Å². The lowest BCUT2D eigenvalue weighted by Gasteiger charge is -2.29. The number of hydrogen-bond acceptors (Lipinski definition) is 6. The Balaban J connectivity index is 1.42. The van der Waals surface area contributed by atoms with E-state index in [1.165, 1.54) is 40.0 Å². The number of nitrogens with zero attached hydrogens (tertiary/aromatic N) is 4. The maximum Gasteiger partial charge on any atom is 0.262 e. The van der Waals surface area contributed by atoms with E-state index in [1.54, 1.807) is 25.3 Å². The van der Waals surface area contributed by atoms with E-state index in [0.29, 0.717) is 10.5 Å². The first-order valence-electron chi connectivity index (χ1n) is 10.8. The number of thiazole rings is 1. The summed E-state index contributed by atoms with van der Waals surface area (Å²) in [6.07, 6.45) is 0. The Bertz CT molecular complexity index is 1510. The van der Waals surface area contributed by atoms with Crippen molar-refractivity contribution in [3.05, 3.63) is 69.6 Å². The number of fused-ring (bicyclic) bond motifs is 2. The molecule has 34 heavy (non-hydrogen) atoms. The average molecular weight is 474 g/mol. The lowest BCUT2D eigenvalue weighted by molar-refractivity contribution is 0.0507. The molecule has 0 spiro atoms. The maximum atomic E-state index is 12.9. The summed E-state index contributed by atoms with van der Waals surface area (Å²) in [5.74, 6) is -1.04. The minimum atomic E-state index is -0.658. The minimum absolute atomic E-state index is 0.169. The molecule has 1 N–H and O–H groups in total. The van der Waals surface area contributed by atoms with E-state index in [4.69, 9.17) is 0 Å². The quantitative estimate of drug-likeness (QED) is 0.434. The van der Waals surface area contributed by atoms with Gasteiger partial charge in [-0.3, -0.25) is 24.6 Å². The predicted molar refractivity (Wildman–Crippen MR) is 130 cm³/mol. The topological polar surface area (TPSA) is 96.7 Å². The molecule has 172 valence electrons. The van der Waals surface area contributed by atoms with E-state index in [2.05, 4.69) is 27.5 Å². The number of aromatic nitrogens is 3. The van der Waals surface area contributed by atoms with Crippen molar-refractivity contribution in [2.45, 2.75) is 40.2 Å². The molecule has 5 rings (SSSR count). The molecule has 3 amide bonds. The van der Waals surface area contributed by atoms with E-state index >= 15 is 0 Å². The van der Waals surface area contributed by atoms with Crippen LogP contribution in [0.3, 0.4) is 0 Å². The molecule has 0 fully saturated rings. The van der Waals surface area contributed by atoms with E-state index in [0.717, 1.165) is 16.8 Å². The van der Waals surface area contributed by atoms with Crippen LogP contribution < -0.4 is 5.32 Å². The fraction of sp³-hybridized carbons (Fsp3) is 0.240. The van der Waals surface area contributed by atoms with Gasteiger partial charge in [-0.2, -0.15) is 4.98 Å². The Morgan fingerprint density at radius 3 is 2.38 bits per heavy atom. The molecular formula is C25H23N5O3S. The number of imide groups is 1. The molecule has 1 aliphatic heterocycles. The van der Waals surface area contributed by atoms with Gasteiger partial charge in [0.25, 0.3) is 23.7 Å². The van der Waals surface area contributed by atoms with Crippen LogP contribution in [0.2, 0.25) is 0 Å². The number of carbonyl (C=O) groups is 3. The zero-order chi connectivity index (χ0) is 24.4. The summed E-state index contributed by atoms with van der Waals surface area (Å²) >= 11 is 1.44. The first-order valence-corrected chi connectivity index (χ1v) is 11.7. The number of rotatable bonds is 3. The molecule has 0 aliphatic carbocycles. The molecule has 0 saturated carbocycles. The monoisotopic (exact) mass is 473 g/mol. The van der Waals surface area contributed by atoms with Crippen molar-refractivity contribution in [3.8, 4) is 11.3 Å². The number of carbonyl (C=O) groups excluding carboxylic acids is 3. The summed E-state index contributed by atoms with van der Waals surface area (Å²) < 4.78 is 1.71. The Morgan fingerprint density at radius 2 is 1.68 bits per heavy atom. The maximum absolute atomic E-state index is 12.9. The number of anilines is 1. The molecule has 8 nitrogen and oxygen atoms in total. The van der Waals surface area contributed by atoms with Crippen molar-refractivity contribution in [3.63, 3.8) is 0 Å². The summed E-state index contributed by atoms with van der Waals surface area (Å²) in [6, 6.07) is 10.7. The number of amides is 3. The van der Waals surface area contributed by atoms with E-state index in [1.807, 2.05) is 25.3 Å². The Kier molecular flexibility index (Phi) is 4.91. The fourth-order valence-corrected chi connectivity index (χ4v) is 5.01. The van der Waals surface area contributed by atoms with Crippen molar-refractivity contribution in [2.24, 2.45) is 0 Å². The van der Waals surface area contributed by atoms with Crippen molar-refractivity contribution in [1.29, 1.82) is 0 Å². The molecule has 0 unspecified atom stereocenters. The minimum Gasteiger partial charge on any atom is -0.289 e. The summed E-state index contributed by atoms with van der Waals surface area (Å²) in [4.78, 5) is 44.7. The van der Waals surface area contributed by atoms with Crippen LogP contribution in [-0.4, -0.2) is 42.8 Å². The third-order valence-electron chi connectivity index (χ3n) is 5.78. The van der Waals surface area contributed by atoms with Gasteiger partial charge >= 0.3 is 0 Å². The number of benzene rings is 2. The summed E-state index contributed by atoms with van der Waals surface area (Å²) in [5.41, 5.74) is 4.37. The van der Waals surface area contributed by atoms with E-state index < -0.39 is 17.4 Å². The second-order valence-electron chi connectivity index (χ2n) is 9.40. The van der Waals surface area contributed by atoms with Gasteiger partial charge in [-0.05, 0) is 58.4 Å². The standard InChI is InChI=1S/C25H23N5O3S/c1-13-6-8-16(14(2)10-13)19-12-34-24-27-23(28-30(19)24)26-20(31)15-7-9-17-18(11-15)22(33)29(21(17)32)25(3,4)5/h6-12H,1-5H3,(H,26,28,31). The van der Waals surface area contributed by atoms with Gasteiger partial charge in [-0.15, -0.1) is 16.4 Å². The molecule has 0 radical (unpaired) electrons. The van der Waals surface area contributed by atoms with Crippen molar-refractivity contribution in [1.82, 2.24) is 19.5 Å². The fourth-order valence-electron chi connectivity index (χ4n) is 4.19. The SMILES string of the molecule is Cc1ccc(-c2csc3nc(NC(=O)c4ccc5c(c4)C(=O)N(C(C)(C)C)C5=O)nn23)c(C)c1. The normalized spacial score (nSPS) is 13.6. The van der Waals surface area contributed by atoms with Gasteiger partial charge in [-0.1, -0.05) is 23.8 Å². The molecular weight excluding hydrogens is 450 g/mol. The number of aryl methyl sites for hydroxylation is 2. The molecule has 2 aromatic heterocycles. The second-order valence-corrected chi connectivity index (χ2v) is 10.2. The highest BCUT2D eigenvalue weighted by molar-refractivity contribution is 7.15. The average Bonchev–Trinajstić information content (AvgIpc) is 3.39. The van der Waals surface area contributed by atoms with Crippen LogP contribution in [0.1, 0.15) is 63.0 Å². The van der Waals surface area contributed by atoms with Crippen LogP contribution in [0.5, 0.6) is 0 Å². The van der Waals surface area contributed by atoms with Crippen LogP contribution in [0.15, 0.2) is 41.8 Å². The Morgan fingerprint density at radius 1 is 0.971 bits per heavy atom. The van der Waals surface area contributed by atoms with Gasteiger partial charge < -0.3 is 0 Å². The van der Waals surface area contributed by atoms with Crippen LogP contribution in [0.25, 0.3) is 16.2 Å². The van der Waals surface area contributed by atoms with Crippen LogP contribution >= 0.6 is 11.3 Å². The van der Waals surface area contributed by atoms with Gasteiger partial charge in [0.1, 0.15) is 0 Å². The molecule has 9 heteroatoms. The third-order valence-corrected chi connectivity index (χ3v) is 6.60. The highest BCUT2D eigenvalue weighted by Crippen LogP contribution is 2.31. The number of nitrogens with one attached hydrogen (secondary N) is 1. The molecule has 3 heterocycles. The predicted octanol–water partition coefficient (Wildman–Crippen LogP) is 4.72. The van der Waals surface area contributed by atoms with Gasteiger partial charge in [0, 0.05) is 22.0 Å². The van der Waals surface area contributed by atoms with Gasteiger partial charge in [-0.25, -0.2) is 4.52 Å². The van der Waals surface area contributed by atoms with Crippen molar-refractivity contribution in [2.75, 3.05) is 5.32 Å². The Labute approximate surface area is 200 Å². The molecule has 0 bridgehead atoms. The second kappa shape index (κ2) is 7.59. The lowest BCUT2D eigenvalue weighted by atomic mass is 10.0.